The zero-order chi connectivity index (χ0) is 14.2. The Hall–Kier alpha value is -1.72. The summed E-state index contributed by atoms with van der Waals surface area (Å²) in [6.07, 6.45) is 0. The lowest BCUT2D eigenvalue weighted by Crippen LogP contribution is -1.96. The third-order valence-corrected chi connectivity index (χ3v) is 2.84. The molecule has 0 unspecified atom stereocenters. The van der Waals surface area contributed by atoms with Crippen LogP contribution in [-0.4, -0.2) is 4.92 Å². The van der Waals surface area contributed by atoms with E-state index >= 15 is 0 Å². The van der Waals surface area contributed by atoms with Crippen LogP contribution in [0.3, 0.4) is 0 Å². The molecule has 0 N–H and O–H groups in total. The van der Waals surface area contributed by atoms with Gasteiger partial charge in [0.2, 0.25) is 5.82 Å². The molecule has 0 bridgehead atoms. The van der Waals surface area contributed by atoms with Gasteiger partial charge in [-0.3, -0.25) is 10.1 Å². The van der Waals surface area contributed by atoms with Crippen LogP contribution in [-0.2, 0) is 0 Å². The second-order valence-electron chi connectivity index (χ2n) is 3.70. The fraction of sp³-hybridized carbons (Fsp3) is 0. The molecule has 0 saturated carbocycles. The second kappa shape index (κ2) is 5.11. The van der Waals surface area contributed by atoms with Gasteiger partial charge in [-0.25, -0.2) is 4.39 Å². The van der Waals surface area contributed by atoms with Crippen molar-refractivity contribution in [1.82, 2.24) is 0 Å². The van der Waals surface area contributed by atoms with Crippen molar-refractivity contribution >= 4 is 28.9 Å². The maximum Gasteiger partial charge on any atom is 0.307 e. The van der Waals surface area contributed by atoms with E-state index in [9.17, 15) is 18.9 Å². The van der Waals surface area contributed by atoms with E-state index in [0.717, 1.165) is 6.07 Å². The number of hydrogen-bond donors (Lipinski definition) is 0. The van der Waals surface area contributed by atoms with Crippen LogP contribution in [0.2, 0.25) is 10.0 Å². The minimum Gasteiger partial charge on any atom is -0.258 e. The van der Waals surface area contributed by atoms with Crippen molar-refractivity contribution in [2.75, 3.05) is 0 Å². The molecule has 0 aromatic heterocycles. The summed E-state index contributed by atoms with van der Waals surface area (Å²) < 4.78 is 27.3. The van der Waals surface area contributed by atoms with Crippen molar-refractivity contribution in [2.24, 2.45) is 0 Å². The molecule has 19 heavy (non-hydrogen) atoms. The number of benzene rings is 2. The van der Waals surface area contributed by atoms with Crippen LogP contribution in [0.15, 0.2) is 30.3 Å². The van der Waals surface area contributed by atoms with Crippen LogP contribution in [0.4, 0.5) is 14.5 Å². The van der Waals surface area contributed by atoms with Crippen LogP contribution < -0.4 is 0 Å². The predicted octanol–water partition coefficient (Wildman–Crippen LogP) is 4.85. The molecule has 2 rings (SSSR count). The Bertz CT molecular complexity index is 657. The second-order valence-corrected chi connectivity index (χ2v) is 4.57. The molecule has 0 spiro atoms. The standard InChI is InChI=1S/C12H5Cl2F2NO2/c13-7-1-6(2-8(14)3-7)9-4-11(16)12(17(18)19)5-10(9)15/h1-5H. The lowest BCUT2D eigenvalue weighted by atomic mass is 10.0. The first-order valence-corrected chi connectivity index (χ1v) is 5.74. The highest BCUT2D eigenvalue weighted by Gasteiger charge is 2.19. The van der Waals surface area contributed by atoms with Gasteiger partial charge in [0.25, 0.3) is 0 Å². The lowest BCUT2D eigenvalue weighted by molar-refractivity contribution is -0.387. The first-order chi connectivity index (χ1) is 8.88. The van der Waals surface area contributed by atoms with E-state index in [1.54, 1.807) is 0 Å². The quantitative estimate of drug-likeness (QED) is 0.588. The molecule has 7 heteroatoms. The number of nitro groups is 1. The van der Waals surface area contributed by atoms with E-state index in [-0.39, 0.29) is 21.2 Å². The number of hydrogen-bond acceptors (Lipinski definition) is 2. The highest BCUT2D eigenvalue weighted by atomic mass is 35.5. The molecular formula is C12H5Cl2F2NO2. The highest BCUT2D eigenvalue weighted by Crippen LogP contribution is 2.32. The van der Waals surface area contributed by atoms with E-state index in [2.05, 4.69) is 0 Å². The third-order valence-electron chi connectivity index (χ3n) is 2.41. The van der Waals surface area contributed by atoms with Gasteiger partial charge >= 0.3 is 5.69 Å². The predicted molar refractivity (Wildman–Crippen MR) is 68.5 cm³/mol. The van der Waals surface area contributed by atoms with Crippen molar-refractivity contribution in [3.05, 3.63) is 62.1 Å². The first kappa shape index (κ1) is 13.7. The van der Waals surface area contributed by atoms with E-state index in [0.29, 0.717) is 6.07 Å². The van der Waals surface area contributed by atoms with Gasteiger partial charge in [-0.05, 0) is 29.8 Å². The molecular weight excluding hydrogens is 299 g/mol. The number of nitrogens with zero attached hydrogens (tertiary/aromatic N) is 1. The fourth-order valence-electron chi connectivity index (χ4n) is 1.61. The van der Waals surface area contributed by atoms with Gasteiger partial charge in [-0.1, -0.05) is 23.2 Å². The van der Waals surface area contributed by atoms with Gasteiger partial charge in [0.05, 0.1) is 11.0 Å². The Balaban J connectivity index is 2.63. The van der Waals surface area contributed by atoms with Crippen LogP contribution >= 0.6 is 23.2 Å². The molecule has 0 aliphatic rings. The Morgan fingerprint density at radius 2 is 1.53 bits per heavy atom. The van der Waals surface area contributed by atoms with Crippen molar-refractivity contribution in [1.29, 1.82) is 0 Å². The van der Waals surface area contributed by atoms with Crippen molar-refractivity contribution in [3.8, 4) is 11.1 Å². The van der Waals surface area contributed by atoms with Crippen molar-refractivity contribution in [2.45, 2.75) is 0 Å². The van der Waals surface area contributed by atoms with Crippen molar-refractivity contribution < 1.29 is 13.7 Å². The third kappa shape index (κ3) is 2.83. The smallest absolute Gasteiger partial charge is 0.258 e. The molecule has 3 nitrogen and oxygen atoms in total. The molecule has 0 atom stereocenters. The van der Waals surface area contributed by atoms with E-state index < -0.39 is 22.2 Å². The van der Waals surface area contributed by atoms with E-state index in [1.807, 2.05) is 0 Å². The lowest BCUT2D eigenvalue weighted by Gasteiger charge is -2.06. The molecule has 0 radical (unpaired) electrons. The fourth-order valence-corrected chi connectivity index (χ4v) is 2.13. The van der Waals surface area contributed by atoms with Crippen LogP contribution in [0, 0.1) is 21.7 Å². The highest BCUT2D eigenvalue weighted by molar-refractivity contribution is 6.35. The SMILES string of the molecule is O=[N+]([O-])c1cc(F)c(-c2cc(Cl)cc(Cl)c2)cc1F. The van der Waals surface area contributed by atoms with E-state index in [1.165, 1.54) is 18.2 Å². The monoisotopic (exact) mass is 303 g/mol. The van der Waals surface area contributed by atoms with Crippen LogP contribution in [0.25, 0.3) is 11.1 Å². The molecule has 0 heterocycles. The minimum absolute atomic E-state index is 0.146. The summed E-state index contributed by atoms with van der Waals surface area (Å²) in [7, 11) is 0. The summed E-state index contributed by atoms with van der Waals surface area (Å²) >= 11 is 11.5. The van der Waals surface area contributed by atoms with E-state index in [4.69, 9.17) is 23.2 Å². The normalized spacial score (nSPS) is 10.5. The van der Waals surface area contributed by atoms with Gasteiger partial charge < -0.3 is 0 Å². The summed E-state index contributed by atoms with van der Waals surface area (Å²) in [5, 5.41) is 11.0. The number of rotatable bonds is 2. The molecule has 0 fully saturated rings. The maximum absolute atomic E-state index is 13.8. The molecule has 98 valence electrons. The van der Waals surface area contributed by atoms with Gasteiger partial charge in [0.1, 0.15) is 5.82 Å². The minimum atomic E-state index is -1.13. The summed E-state index contributed by atoms with van der Waals surface area (Å²) in [4.78, 5) is 9.49. The van der Waals surface area contributed by atoms with Gasteiger partial charge in [0, 0.05) is 15.6 Å². The van der Waals surface area contributed by atoms with Crippen LogP contribution in [0.5, 0.6) is 0 Å². The zero-order valence-electron chi connectivity index (χ0n) is 9.16. The summed E-state index contributed by atoms with van der Waals surface area (Å²) in [6, 6.07) is 5.48. The Kier molecular flexibility index (Phi) is 3.68. The summed E-state index contributed by atoms with van der Waals surface area (Å²) in [5.41, 5.74) is -0.828. The topological polar surface area (TPSA) is 43.1 Å². The van der Waals surface area contributed by atoms with Crippen LogP contribution in [0.1, 0.15) is 0 Å². The Labute approximate surface area is 116 Å². The van der Waals surface area contributed by atoms with Gasteiger partial charge in [-0.2, -0.15) is 4.39 Å². The number of halogens is 4. The van der Waals surface area contributed by atoms with Crippen molar-refractivity contribution in [3.63, 3.8) is 0 Å². The average Bonchev–Trinajstić information content (AvgIpc) is 2.30. The zero-order valence-corrected chi connectivity index (χ0v) is 10.7. The Morgan fingerprint density at radius 3 is 2.05 bits per heavy atom. The average molecular weight is 304 g/mol. The molecule has 2 aromatic carbocycles. The molecule has 0 amide bonds. The molecule has 0 aliphatic heterocycles. The number of nitro benzene ring substituents is 1. The molecule has 2 aromatic rings. The first-order valence-electron chi connectivity index (χ1n) is 4.98. The van der Waals surface area contributed by atoms with Gasteiger partial charge in [0.15, 0.2) is 0 Å². The molecule has 0 saturated heterocycles. The maximum atomic E-state index is 13.8. The summed E-state index contributed by atoms with van der Waals surface area (Å²) in [5.74, 6) is -2.05. The Morgan fingerprint density at radius 1 is 0.947 bits per heavy atom. The molecule has 0 aliphatic carbocycles. The van der Waals surface area contributed by atoms with Gasteiger partial charge in [-0.15, -0.1) is 0 Å². The largest absolute Gasteiger partial charge is 0.307 e. The summed E-state index contributed by atoms with van der Waals surface area (Å²) in [6.45, 7) is 0.